The Bertz CT molecular complexity index is 923. The summed E-state index contributed by atoms with van der Waals surface area (Å²) < 4.78 is 11.5. The van der Waals surface area contributed by atoms with Crippen molar-refractivity contribution in [3.63, 3.8) is 0 Å². The van der Waals surface area contributed by atoms with Gasteiger partial charge in [0.2, 0.25) is 0 Å². The van der Waals surface area contributed by atoms with E-state index in [1.165, 1.54) is 6.26 Å². The minimum Gasteiger partial charge on any atom is -0.472 e. The van der Waals surface area contributed by atoms with E-state index in [-0.39, 0.29) is 5.91 Å². The summed E-state index contributed by atoms with van der Waals surface area (Å²) in [5.74, 6) is 0.00334. The van der Waals surface area contributed by atoms with E-state index >= 15 is 0 Å². The molecule has 1 N–H and O–H groups in total. The standard InChI is InChI=1S/C15H10N4O3/c20-15(17-13-4-6-22-18-13)12-8-19-7-10(1-2-14(19)16-12)11-3-5-21-9-11/h1-9H,(H,17,18,20). The molecule has 4 aromatic rings. The molecule has 0 aliphatic rings. The number of imidazole rings is 1. The number of fused-ring (bicyclic) bond motifs is 1. The summed E-state index contributed by atoms with van der Waals surface area (Å²) in [5, 5.41) is 6.24. The number of carbonyl (C=O) groups excluding carboxylic acids is 1. The van der Waals surface area contributed by atoms with Gasteiger partial charge in [0.05, 0.1) is 12.5 Å². The lowest BCUT2D eigenvalue weighted by atomic mass is 10.1. The number of anilines is 1. The zero-order valence-electron chi connectivity index (χ0n) is 11.3. The zero-order chi connectivity index (χ0) is 14.9. The average molecular weight is 294 g/mol. The molecule has 4 heterocycles. The van der Waals surface area contributed by atoms with Crippen LogP contribution in [-0.2, 0) is 0 Å². The number of carbonyl (C=O) groups is 1. The summed E-state index contributed by atoms with van der Waals surface area (Å²) in [5.41, 5.74) is 2.91. The Morgan fingerprint density at radius 1 is 1.09 bits per heavy atom. The normalized spacial score (nSPS) is 10.9. The highest BCUT2D eigenvalue weighted by atomic mass is 16.5. The molecule has 7 heteroatoms. The molecule has 4 aromatic heterocycles. The summed E-state index contributed by atoms with van der Waals surface area (Å²) in [6.45, 7) is 0. The van der Waals surface area contributed by atoms with Gasteiger partial charge >= 0.3 is 0 Å². The molecule has 0 saturated carbocycles. The average Bonchev–Trinajstić information content (AvgIpc) is 3.27. The fourth-order valence-electron chi connectivity index (χ4n) is 2.16. The maximum absolute atomic E-state index is 12.1. The fourth-order valence-corrected chi connectivity index (χ4v) is 2.16. The number of nitrogens with one attached hydrogen (secondary N) is 1. The van der Waals surface area contributed by atoms with E-state index in [2.05, 4.69) is 20.0 Å². The Labute approximate surface area is 124 Å². The van der Waals surface area contributed by atoms with Crippen LogP contribution in [0.25, 0.3) is 16.8 Å². The van der Waals surface area contributed by atoms with E-state index in [0.717, 1.165) is 11.1 Å². The first-order valence-electron chi connectivity index (χ1n) is 6.53. The van der Waals surface area contributed by atoms with Gasteiger partial charge in [-0.1, -0.05) is 5.16 Å². The summed E-state index contributed by atoms with van der Waals surface area (Å²) >= 11 is 0. The predicted octanol–water partition coefficient (Wildman–Crippen LogP) is 2.83. The van der Waals surface area contributed by atoms with Crippen LogP contribution in [-0.4, -0.2) is 20.4 Å². The Hall–Kier alpha value is -3.35. The van der Waals surface area contributed by atoms with Crippen LogP contribution in [0.5, 0.6) is 0 Å². The molecule has 0 aromatic carbocycles. The van der Waals surface area contributed by atoms with Gasteiger partial charge in [-0.2, -0.15) is 0 Å². The van der Waals surface area contributed by atoms with E-state index in [1.807, 2.05) is 24.4 Å². The molecule has 0 radical (unpaired) electrons. The molecule has 0 spiro atoms. The van der Waals surface area contributed by atoms with E-state index in [1.54, 1.807) is 29.2 Å². The van der Waals surface area contributed by atoms with Gasteiger partial charge in [-0.05, 0) is 18.2 Å². The molecule has 0 aliphatic carbocycles. The SMILES string of the molecule is O=C(Nc1ccon1)c1cn2cc(-c3ccoc3)ccc2n1. The van der Waals surface area contributed by atoms with E-state index in [4.69, 9.17) is 4.42 Å². The van der Waals surface area contributed by atoms with Gasteiger partial charge in [0, 0.05) is 29.6 Å². The van der Waals surface area contributed by atoms with E-state index in [9.17, 15) is 4.79 Å². The van der Waals surface area contributed by atoms with Crippen molar-refractivity contribution >= 4 is 17.4 Å². The Balaban J connectivity index is 1.67. The van der Waals surface area contributed by atoms with Crippen molar-refractivity contribution < 1.29 is 13.7 Å². The van der Waals surface area contributed by atoms with E-state index < -0.39 is 0 Å². The van der Waals surface area contributed by atoms with Crippen LogP contribution >= 0.6 is 0 Å². The topological polar surface area (TPSA) is 85.6 Å². The van der Waals surface area contributed by atoms with Crippen LogP contribution in [0.1, 0.15) is 10.5 Å². The summed E-state index contributed by atoms with van der Waals surface area (Å²) in [7, 11) is 0. The summed E-state index contributed by atoms with van der Waals surface area (Å²) in [6, 6.07) is 7.20. The van der Waals surface area contributed by atoms with Crippen LogP contribution in [0.15, 0.2) is 64.4 Å². The molecule has 0 atom stereocenters. The quantitative estimate of drug-likeness (QED) is 0.628. The monoisotopic (exact) mass is 294 g/mol. The van der Waals surface area contributed by atoms with E-state index in [0.29, 0.717) is 17.2 Å². The second-order valence-corrected chi connectivity index (χ2v) is 4.66. The first kappa shape index (κ1) is 12.4. The van der Waals surface area contributed by atoms with Crippen molar-refractivity contribution in [2.75, 3.05) is 5.32 Å². The van der Waals surface area contributed by atoms with Crippen molar-refractivity contribution in [1.82, 2.24) is 14.5 Å². The maximum Gasteiger partial charge on any atom is 0.277 e. The largest absolute Gasteiger partial charge is 0.472 e. The highest BCUT2D eigenvalue weighted by Gasteiger charge is 2.12. The number of nitrogens with zero attached hydrogens (tertiary/aromatic N) is 3. The molecule has 0 unspecified atom stereocenters. The number of hydrogen-bond donors (Lipinski definition) is 1. The van der Waals surface area contributed by atoms with Crippen molar-refractivity contribution in [1.29, 1.82) is 0 Å². The Morgan fingerprint density at radius 2 is 2.05 bits per heavy atom. The van der Waals surface area contributed by atoms with Crippen molar-refractivity contribution in [2.24, 2.45) is 0 Å². The summed E-state index contributed by atoms with van der Waals surface area (Å²) in [6.07, 6.45) is 8.21. The molecule has 0 aliphatic heterocycles. The molecule has 108 valence electrons. The third-order valence-electron chi connectivity index (χ3n) is 3.22. The van der Waals surface area contributed by atoms with Crippen LogP contribution in [0.3, 0.4) is 0 Å². The highest BCUT2D eigenvalue weighted by molar-refractivity contribution is 6.02. The van der Waals surface area contributed by atoms with Gasteiger partial charge in [-0.15, -0.1) is 0 Å². The predicted molar refractivity (Wildman–Crippen MR) is 77.4 cm³/mol. The third kappa shape index (κ3) is 2.14. The lowest BCUT2D eigenvalue weighted by Gasteiger charge is -1.98. The van der Waals surface area contributed by atoms with Gasteiger partial charge in [0.1, 0.15) is 17.6 Å². The number of amides is 1. The molecule has 0 saturated heterocycles. The second kappa shape index (κ2) is 4.88. The van der Waals surface area contributed by atoms with Crippen molar-refractivity contribution in [3.8, 4) is 11.1 Å². The van der Waals surface area contributed by atoms with Gasteiger partial charge in [0.25, 0.3) is 5.91 Å². The maximum atomic E-state index is 12.1. The van der Waals surface area contributed by atoms with Crippen LogP contribution in [0, 0.1) is 0 Å². The fraction of sp³-hybridized carbons (Fsp3) is 0. The third-order valence-corrected chi connectivity index (χ3v) is 3.22. The molecule has 1 amide bonds. The molecule has 0 bridgehead atoms. The van der Waals surface area contributed by atoms with Gasteiger partial charge in [-0.3, -0.25) is 4.79 Å². The number of rotatable bonds is 3. The molecular weight excluding hydrogens is 284 g/mol. The van der Waals surface area contributed by atoms with Gasteiger partial charge in [-0.25, -0.2) is 4.98 Å². The molecule has 22 heavy (non-hydrogen) atoms. The first-order valence-corrected chi connectivity index (χ1v) is 6.53. The van der Waals surface area contributed by atoms with Crippen molar-refractivity contribution in [2.45, 2.75) is 0 Å². The van der Waals surface area contributed by atoms with Crippen LogP contribution in [0.4, 0.5) is 5.82 Å². The number of pyridine rings is 1. The van der Waals surface area contributed by atoms with Crippen LogP contribution < -0.4 is 5.32 Å². The van der Waals surface area contributed by atoms with Gasteiger partial charge in [0.15, 0.2) is 5.82 Å². The van der Waals surface area contributed by atoms with Gasteiger partial charge < -0.3 is 18.7 Å². The lowest BCUT2D eigenvalue weighted by Crippen LogP contribution is -2.12. The molecule has 0 fully saturated rings. The number of hydrogen-bond acceptors (Lipinski definition) is 5. The smallest absolute Gasteiger partial charge is 0.277 e. The minimum absolute atomic E-state index is 0.298. The molecular formula is C15H10N4O3. The number of aromatic nitrogens is 3. The zero-order valence-corrected chi connectivity index (χ0v) is 11.3. The molecule has 4 rings (SSSR count). The van der Waals surface area contributed by atoms with Crippen LogP contribution in [0.2, 0.25) is 0 Å². The second-order valence-electron chi connectivity index (χ2n) is 4.66. The highest BCUT2D eigenvalue weighted by Crippen LogP contribution is 2.20. The Kier molecular flexibility index (Phi) is 2.75. The van der Waals surface area contributed by atoms with Crippen molar-refractivity contribution in [3.05, 3.63) is 61.1 Å². The number of furan rings is 1. The summed E-state index contributed by atoms with van der Waals surface area (Å²) in [4.78, 5) is 16.4. The Morgan fingerprint density at radius 3 is 2.82 bits per heavy atom. The molecule has 7 nitrogen and oxygen atoms in total. The lowest BCUT2D eigenvalue weighted by molar-refractivity contribution is 0.102. The minimum atomic E-state index is -0.345. The first-order chi connectivity index (χ1) is 10.8.